The second-order valence-electron chi connectivity index (χ2n) is 2.34. The number of nitrogens with one attached hydrogen (secondary N) is 1. The Kier molecular flexibility index (Phi) is 2.21. The number of H-pyrrole nitrogens is 1. The normalized spacial score (nSPS) is 11.6. The molecule has 11 heavy (non-hydrogen) atoms. The fourth-order valence-corrected chi connectivity index (χ4v) is 0.913. The summed E-state index contributed by atoms with van der Waals surface area (Å²) in [6, 6.07) is 0. The summed E-state index contributed by atoms with van der Waals surface area (Å²) in [4.78, 5) is 0. The molecule has 1 N–H and O–H groups in total. The summed E-state index contributed by atoms with van der Waals surface area (Å²) in [6.07, 6.45) is 3.65. The molecular weight excluding hydrogens is 138 g/mol. The van der Waals surface area contributed by atoms with E-state index in [1.54, 1.807) is 6.08 Å². The minimum Gasteiger partial charge on any atom is -0.197 e. The quantitative estimate of drug-likeness (QED) is 0.650. The summed E-state index contributed by atoms with van der Waals surface area (Å²) < 4.78 is 0. The Labute approximate surface area is 65.8 Å². The third-order valence-electron chi connectivity index (χ3n) is 1.46. The zero-order valence-corrected chi connectivity index (χ0v) is 6.76. The van der Waals surface area contributed by atoms with E-state index >= 15 is 0 Å². The minimum atomic E-state index is 0.907. The van der Waals surface area contributed by atoms with E-state index in [9.17, 15) is 0 Å². The standard InChI is InChI=1S/C8H11N3/c1-4-5-6(2)8-7(3)9-11-10-8/h4-5H,1H2,2-3H3,(H,9,10,11)/b6-5+. The molecule has 1 heterocycles. The van der Waals surface area contributed by atoms with Gasteiger partial charge in [-0.3, -0.25) is 0 Å². The first-order valence-corrected chi connectivity index (χ1v) is 3.42. The number of rotatable bonds is 2. The van der Waals surface area contributed by atoms with Crippen molar-refractivity contribution >= 4 is 5.57 Å². The lowest BCUT2D eigenvalue weighted by Crippen LogP contribution is -1.82. The van der Waals surface area contributed by atoms with Crippen LogP contribution in [0.4, 0.5) is 0 Å². The Balaban J connectivity index is 3.01. The van der Waals surface area contributed by atoms with Gasteiger partial charge in [-0.1, -0.05) is 18.7 Å². The van der Waals surface area contributed by atoms with Crippen molar-refractivity contribution < 1.29 is 0 Å². The monoisotopic (exact) mass is 149 g/mol. The molecule has 0 radical (unpaired) electrons. The molecule has 0 aliphatic carbocycles. The maximum absolute atomic E-state index is 3.98. The molecule has 1 aromatic rings. The van der Waals surface area contributed by atoms with Gasteiger partial charge in [0.15, 0.2) is 0 Å². The van der Waals surface area contributed by atoms with Crippen molar-refractivity contribution in [3.8, 4) is 0 Å². The summed E-state index contributed by atoms with van der Waals surface area (Å²) >= 11 is 0. The van der Waals surface area contributed by atoms with E-state index in [-0.39, 0.29) is 0 Å². The van der Waals surface area contributed by atoms with E-state index in [1.165, 1.54) is 0 Å². The minimum absolute atomic E-state index is 0.907. The van der Waals surface area contributed by atoms with Crippen LogP contribution in [0.15, 0.2) is 18.7 Å². The SMILES string of the molecule is C=C/C=C(\C)c1n[nH]nc1C. The molecule has 0 spiro atoms. The lowest BCUT2D eigenvalue weighted by atomic mass is 10.2. The van der Waals surface area contributed by atoms with Crippen molar-refractivity contribution in [3.05, 3.63) is 30.1 Å². The number of hydrogen-bond donors (Lipinski definition) is 1. The van der Waals surface area contributed by atoms with Crippen LogP contribution in [0.2, 0.25) is 0 Å². The number of nitrogens with zero attached hydrogens (tertiary/aromatic N) is 2. The van der Waals surface area contributed by atoms with Crippen LogP contribution in [0.5, 0.6) is 0 Å². The summed E-state index contributed by atoms with van der Waals surface area (Å²) in [5, 5.41) is 10.5. The second kappa shape index (κ2) is 3.14. The smallest absolute Gasteiger partial charge is 0.111 e. The summed E-state index contributed by atoms with van der Waals surface area (Å²) in [5.74, 6) is 0. The van der Waals surface area contributed by atoms with Crippen LogP contribution >= 0.6 is 0 Å². The van der Waals surface area contributed by atoms with Gasteiger partial charge in [0.05, 0.1) is 5.69 Å². The van der Waals surface area contributed by atoms with Crippen LogP contribution in [0.25, 0.3) is 5.57 Å². The third-order valence-corrected chi connectivity index (χ3v) is 1.46. The van der Waals surface area contributed by atoms with Crippen LogP contribution in [0, 0.1) is 6.92 Å². The topological polar surface area (TPSA) is 41.6 Å². The summed E-state index contributed by atoms with van der Waals surface area (Å²) in [5.41, 5.74) is 2.90. The number of aryl methyl sites for hydroxylation is 1. The van der Waals surface area contributed by atoms with Gasteiger partial charge in [-0.25, -0.2) is 0 Å². The average molecular weight is 149 g/mol. The molecule has 0 unspecified atom stereocenters. The zero-order chi connectivity index (χ0) is 8.27. The van der Waals surface area contributed by atoms with Crippen molar-refractivity contribution in [2.75, 3.05) is 0 Å². The van der Waals surface area contributed by atoms with Gasteiger partial charge < -0.3 is 0 Å². The molecule has 3 heteroatoms. The van der Waals surface area contributed by atoms with Crippen LogP contribution < -0.4 is 0 Å². The zero-order valence-electron chi connectivity index (χ0n) is 6.76. The van der Waals surface area contributed by atoms with Gasteiger partial charge >= 0.3 is 0 Å². The van der Waals surface area contributed by atoms with Gasteiger partial charge in [-0.15, -0.1) is 0 Å². The molecular formula is C8H11N3. The van der Waals surface area contributed by atoms with E-state index in [4.69, 9.17) is 0 Å². The number of aromatic nitrogens is 3. The first-order chi connectivity index (χ1) is 5.25. The number of allylic oxidation sites excluding steroid dienone is 3. The van der Waals surface area contributed by atoms with Crippen molar-refractivity contribution in [2.24, 2.45) is 0 Å². The molecule has 58 valence electrons. The highest BCUT2D eigenvalue weighted by Crippen LogP contribution is 2.11. The molecule has 0 aromatic carbocycles. The molecule has 0 atom stereocenters. The van der Waals surface area contributed by atoms with Crippen LogP contribution in [0.1, 0.15) is 18.3 Å². The van der Waals surface area contributed by atoms with Crippen molar-refractivity contribution in [1.29, 1.82) is 0 Å². The van der Waals surface area contributed by atoms with E-state index < -0.39 is 0 Å². The lowest BCUT2D eigenvalue weighted by Gasteiger charge is -1.92. The van der Waals surface area contributed by atoms with Crippen LogP contribution in [0.3, 0.4) is 0 Å². The molecule has 0 aliphatic rings. The Hall–Kier alpha value is -1.38. The van der Waals surface area contributed by atoms with Gasteiger partial charge in [0.25, 0.3) is 0 Å². The Morgan fingerprint density at radius 2 is 2.27 bits per heavy atom. The molecule has 1 rings (SSSR count). The van der Waals surface area contributed by atoms with Gasteiger partial charge in [-0.2, -0.15) is 15.4 Å². The average Bonchev–Trinajstić information content (AvgIpc) is 2.36. The highest BCUT2D eigenvalue weighted by molar-refractivity contribution is 5.63. The third kappa shape index (κ3) is 1.55. The predicted molar refractivity (Wildman–Crippen MR) is 45.0 cm³/mol. The predicted octanol–water partition coefficient (Wildman–Crippen LogP) is 1.70. The van der Waals surface area contributed by atoms with Gasteiger partial charge in [0.2, 0.25) is 0 Å². The number of hydrogen-bond acceptors (Lipinski definition) is 2. The van der Waals surface area contributed by atoms with E-state index in [1.807, 2.05) is 19.9 Å². The summed E-state index contributed by atoms with van der Waals surface area (Å²) in [7, 11) is 0. The maximum Gasteiger partial charge on any atom is 0.111 e. The number of aromatic amines is 1. The van der Waals surface area contributed by atoms with E-state index in [0.29, 0.717) is 0 Å². The van der Waals surface area contributed by atoms with Crippen molar-refractivity contribution in [1.82, 2.24) is 15.4 Å². The van der Waals surface area contributed by atoms with Crippen molar-refractivity contribution in [3.63, 3.8) is 0 Å². The molecule has 0 aliphatic heterocycles. The van der Waals surface area contributed by atoms with Crippen LogP contribution in [-0.4, -0.2) is 15.4 Å². The molecule has 0 saturated carbocycles. The van der Waals surface area contributed by atoms with Crippen molar-refractivity contribution in [2.45, 2.75) is 13.8 Å². The highest BCUT2D eigenvalue weighted by Gasteiger charge is 2.02. The van der Waals surface area contributed by atoms with Crippen LogP contribution in [-0.2, 0) is 0 Å². The molecule has 0 amide bonds. The second-order valence-corrected chi connectivity index (χ2v) is 2.34. The Morgan fingerprint density at radius 3 is 2.73 bits per heavy atom. The first kappa shape index (κ1) is 7.72. The molecule has 0 saturated heterocycles. The van der Waals surface area contributed by atoms with Gasteiger partial charge in [0, 0.05) is 0 Å². The molecule has 3 nitrogen and oxygen atoms in total. The van der Waals surface area contributed by atoms with E-state index in [2.05, 4.69) is 22.0 Å². The largest absolute Gasteiger partial charge is 0.197 e. The van der Waals surface area contributed by atoms with Gasteiger partial charge in [0.1, 0.15) is 5.69 Å². The molecule has 0 bridgehead atoms. The fourth-order valence-electron chi connectivity index (χ4n) is 0.913. The van der Waals surface area contributed by atoms with E-state index in [0.717, 1.165) is 17.0 Å². The highest BCUT2D eigenvalue weighted by atomic mass is 15.3. The first-order valence-electron chi connectivity index (χ1n) is 3.42. The fraction of sp³-hybridized carbons (Fsp3) is 0.250. The summed E-state index contributed by atoms with van der Waals surface area (Å²) in [6.45, 7) is 7.50. The molecule has 1 aromatic heterocycles. The van der Waals surface area contributed by atoms with Gasteiger partial charge in [-0.05, 0) is 19.4 Å². The Bertz CT molecular complexity index is 283. The lowest BCUT2D eigenvalue weighted by molar-refractivity contribution is 0.925. The Morgan fingerprint density at radius 1 is 1.55 bits per heavy atom. The maximum atomic E-state index is 3.98. The molecule has 0 fully saturated rings.